The number of para-hydroxylation sites is 1. The molecule has 0 unspecified atom stereocenters. The number of rotatable bonds is 5. The number of carbonyl (C=O) groups excluding carboxylic acids is 2. The minimum Gasteiger partial charge on any atom is -0.463 e. The molecule has 4 rings (SSSR count). The molecule has 0 amide bonds. The number of hydrogen-bond acceptors (Lipinski definition) is 5. The molecule has 0 bridgehead atoms. The van der Waals surface area contributed by atoms with Crippen LogP contribution >= 0.6 is 15.9 Å². The number of ketones is 1. The number of anilines is 1. The van der Waals surface area contributed by atoms with Gasteiger partial charge in [-0.05, 0) is 35.4 Å². The predicted molar refractivity (Wildman–Crippen MR) is 117 cm³/mol. The molecule has 0 radical (unpaired) electrons. The van der Waals surface area contributed by atoms with Crippen molar-refractivity contribution in [3.63, 3.8) is 0 Å². The van der Waals surface area contributed by atoms with Crippen LogP contribution in [0.15, 0.2) is 89.4 Å². The van der Waals surface area contributed by atoms with Crippen molar-refractivity contribution >= 4 is 33.4 Å². The van der Waals surface area contributed by atoms with E-state index in [1.54, 1.807) is 5.06 Å². The number of ether oxygens (including phenoxy) is 1. The molecule has 0 saturated carbocycles. The maximum Gasteiger partial charge on any atom is 0.374 e. The van der Waals surface area contributed by atoms with Crippen LogP contribution in [-0.2, 0) is 19.2 Å². The van der Waals surface area contributed by atoms with E-state index in [0.29, 0.717) is 0 Å². The van der Waals surface area contributed by atoms with Gasteiger partial charge in [0.15, 0.2) is 0 Å². The molecule has 30 heavy (non-hydrogen) atoms. The summed E-state index contributed by atoms with van der Waals surface area (Å²) in [5.41, 5.74) is 2.47. The van der Waals surface area contributed by atoms with Crippen molar-refractivity contribution in [3.05, 3.63) is 101 Å². The van der Waals surface area contributed by atoms with Crippen molar-refractivity contribution in [2.24, 2.45) is 5.92 Å². The topological polar surface area (TPSA) is 55.8 Å². The van der Waals surface area contributed by atoms with Crippen LogP contribution in [0.5, 0.6) is 0 Å². The standard InChI is InChI=1S/C24H20BrNO4/c1-29-24(28)22(27)20-21(16-9-4-2-5-10-16)26(19-13-6-3-7-14-19)30-23(20)17-11-8-12-18(25)15-17/h2-15,20-21,23H,1H3/t20-,21+,23-/m0/s1. The molecule has 0 aromatic heterocycles. The van der Waals surface area contributed by atoms with Crippen molar-refractivity contribution in [1.82, 2.24) is 0 Å². The Morgan fingerprint density at radius 1 is 0.900 bits per heavy atom. The second kappa shape index (κ2) is 8.81. The van der Waals surface area contributed by atoms with E-state index in [9.17, 15) is 9.59 Å². The van der Waals surface area contributed by atoms with Gasteiger partial charge in [-0.3, -0.25) is 9.63 Å². The number of methoxy groups -OCH3 is 1. The average Bonchev–Trinajstić information content (AvgIpc) is 3.20. The fraction of sp³-hybridized carbons (Fsp3) is 0.167. The molecule has 1 aliphatic heterocycles. The van der Waals surface area contributed by atoms with Gasteiger partial charge in [-0.2, -0.15) is 0 Å². The Bertz CT molecular complexity index is 1040. The third-order valence-corrected chi connectivity index (χ3v) is 5.66. The molecule has 6 heteroatoms. The predicted octanol–water partition coefficient (Wildman–Crippen LogP) is 5.04. The van der Waals surface area contributed by atoms with Crippen molar-refractivity contribution in [2.75, 3.05) is 12.2 Å². The number of carbonyl (C=O) groups is 2. The largest absolute Gasteiger partial charge is 0.463 e. The molecule has 1 fully saturated rings. The lowest BCUT2D eigenvalue weighted by atomic mass is 9.83. The van der Waals surface area contributed by atoms with E-state index in [-0.39, 0.29) is 0 Å². The number of hydroxylamine groups is 1. The maximum atomic E-state index is 13.2. The Morgan fingerprint density at radius 3 is 2.17 bits per heavy atom. The molecular formula is C24H20BrNO4. The number of Topliss-reactive ketones (excluding diaryl/α,β-unsaturated/α-hetero) is 1. The first-order valence-corrected chi connectivity index (χ1v) is 10.3. The van der Waals surface area contributed by atoms with Crippen LogP contribution in [0.25, 0.3) is 0 Å². The molecule has 152 valence electrons. The summed E-state index contributed by atoms with van der Waals surface area (Å²) < 4.78 is 5.65. The fourth-order valence-electron chi connectivity index (χ4n) is 3.82. The van der Waals surface area contributed by atoms with Gasteiger partial charge in [0.05, 0.1) is 24.8 Å². The fourth-order valence-corrected chi connectivity index (χ4v) is 4.24. The molecule has 1 aliphatic rings. The van der Waals surface area contributed by atoms with Crippen LogP contribution in [0, 0.1) is 5.92 Å². The molecule has 1 heterocycles. The monoisotopic (exact) mass is 465 g/mol. The first-order chi connectivity index (χ1) is 14.6. The molecule has 3 atom stereocenters. The van der Waals surface area contributed by atoms with E-state index in [4.69, 9.17) is 9.57 Å². The van der Waals surface area contributed by atoms with Crippen molar-refractivity contribution < 1.29 is 19.2 Å². The van der Waals surface area contributed by atoms with Gasteiger partial charge in [-0.25, -0.2) is 9.86 Å². The summed E-state index contributed by atoms with van der Waals surface area (Å²) in [5, 5.41) is 1.73. The Labute approximate surface area is 183 Å². The van der Waals surface area contributed by atoms with Crippen molar-refractivity contribution in [1.29, 1.82) is 0 Å². The number of benzene rings is 3. The third-order valence-electron chi connectivity index (χ3n) is 5.16. The molecule has 0 spiro atoms. The Kier molecular flexibility index (Phi) is 5.97. The van der Waals surface area contributed by atoms with Gasteiger partial charge in [0.1, 0.15) is 6.10 Å². The van der Waals surface area contributed by atoms with E-state index < -0.39 is 29.8 Å². The van der Waals surface area contributed by atoms with Gasteiger partial charge in [-0.15, -0.1) is 0 Å². The summed E-state index contributed by atoms with van der Waals surface area (Å²) in [6.45, 7) is 0. The van der Waals surface area contributed by atoms with Gasteiger partial charge < -0.3 is 4.74 Å². The van der Waals surface area contributed by atoms with E-state index in [2.05, 4.69) is 15.9 Å². The summed E-state index contributed by atoms with van der Waals surface area (Å²) in [6, 6.07) is 26.2. The highest BCUT2D eigenvalue weighted by atomic mass is 79.9. The van der Waals surface area contributed by atoms with E-state index in [1.165, 1.54) is 7.11 Å². The average molecular weight is 466 g/mol. The number of nitrogens with zero attached hydrogens (tertiary/aromatic N) is 1. The second-order valence-electron chi connectivity index (χ2n) is 6.98. The smallest absolute Gasteiger partial charge is 0.374 e. The van der Waals surface area contributed by atoms with E-state index >= 15 is 0 Å². The maximum absolute atomic E-state index is 13.2. The zero-order valence-electron chi connectivity index (χ0n) is 16.3. The highest BCUT2D eigenvalue weighted by molar-refractivity contribution is 9.10. The number of hydrogen-bond donors (Lipinski definition) is 0. The summed E-state index contributed by atoms with van der Waals surface area (Å²) in [6.07, 6.45) is -0.653. The Hall–Kier alpha value is -2.96. The molecule has 0 aliphatic carbocycles. The lowest BCUT2D eigenvalue weighted by molar-refractivity contribution is -0.154. The minimum absolute atomic E-state index is 0.496. The zero-order valence-corrected chi connectivity index (χ0v) is 17.9. The van der Waals surface area contributed by atoms with Crippen LogP contribution in [0.3, 0.4) is 0 Å². The first-order valence-electron chi connectivity index (χ1n) is 9.54. The van der Waals surface area contributed by atoms with Gasteiger partial charge in [0.25, 0.3) is 0 Å². The lowest BCUT2D eigenvalue weighted by Gasteiger charge is -2.26. The van der Waals surface area contributed by atoms with Crippen LogP contribution in [0.2, 0.25) is 0 Å². The van der Waals surface area contributed by atoms with Crippen molar-refractivity contribution in [3.8, 4) is 0 Å². The van der Waals surface area contributed by atoms with Crippen LogP contribution in [0.1, 0.15) is 23.3 Å². The van der Waals surface area contributed by atoms with Crippen LogP contribution in [0.4, 0.5) is 5.69 Å². The first kappa shape index (κ1) is 20.3. The Morgan fingerprint density at radius 2 is 1.53 bits per heavy atom. The van der Waals surface area contributed by atoms with Gasteiger partial charge >= 0.3 is 5.97 Å². The van der Waals surface area contributed by atoms with Crippen molar-refractivity contribution in [2.45, 2.75) is 12.1 Å². The summed E-state index contributed by atoms with van der Waals surface area (Å²) in [7, 11) is 1.22. The van der Waals surface area contributed by atoms with Crippen LogP contribution < -0.4 is 5.06 Å². The normalized spacial score (nSPS) is 20.7. The van der Waals surface area contributed by atoms with Gasteiger partial charge in [0.2, 0.25) is 5.78 Å². The molecule has 3 aromatic rings. The molecule has 1 saturated heterocycles. The minimum atomic E-state index is -0.876. The summed E-state index contributed by atoms with van der Waals surface area (Å²) >= 11 is 3.48. The highest BCUT2D eigenvalue weighted by Gasteiger charge is 2.51. The van der Waals surface area contributed by atoms with Gasteiger partial charge in [0, 0.05) is 4.47 Å². The Balaban J connectivity index is 1.88. The summed E-state index contributed by atoms with van der Waals surface area (Å²) in [5.74, 6) is -2.27. The van der Waals surface area contributed by atoms with Gasteiger partial charge in [-0.1, -0.05) is 76.6 Å². The lowest BCUT2D eigenvalue weighted by Crippen LogP contribution is -2.33. The molecule has 0 N–H and O–H groups in total. The van der Waals surface area contributed by atoms with E-state index in [0.717, 1.165) is 21.3 Å². The molecule has 5 nitrogen and oxygen atoms in total. The summed E-state index contributed by atoms with van der Waals surface area (Å²) in [4.78, 5) is 31.9. The second-order valence-corrected chi connectivity index (χ2v) is 7.90. The molecule has 3 aromatic carbocycles. The van der Waals surface area contributed by atoms with E-state index in [1.807, 2.05) is 84.9 Å². The molecular weight excluding hydrogens is 446 g/mol. The number of halogens is 1. The number of esters is 1. The third kappa shape index (κ3) is 3.88. The SMILES string of the molecule is COC(=O)C(=O)[C@@H]1[C@@H](c2ccccc2)N(c2ccccc2)O[C@H]1c1cccc(Br)c1. The zero-order chi connectivity index (χ0) is 21.1. The van der Waals surface area contributed by atoms with Crippen LogP contribution in [-0.4, -0.2) is 18.9 Å². The highest BCUT2D eigenvalue weighted by Crippen LogP contribution is 2.49. The quantitative estimate of drug-likeness (QED) is 0.390.